The number of fused-ring (bicyclic) bond motifs is 2. The molecule has 2 aliphatic heterocycles. The lowest BCUT2D eigenvalue weighted by molar-refractivity contribution is 0.193. The van der Waals surface area contributed by atoms with Crippen LogP contribution in [-0.4, -0.2) is 27.8 Å². The van der Waals surface area contributed by atoms with Crippen molar-refractivity contribution in [3.05, 3.63) is 52.8 Å². The quantitative estimate of drug-likeness (QED) is 0.847. The average molecular weight is 313 g/mol. The molecule has 1 spiro atoms. The molecule has 0 radical (unpaired) electrons. The largest absolute Gasteiger partial charge is 0.299 e. The van der Waals surface area contributed by atoms with Crippen LogP contribution >= 0.6 is 11.8 Å². The third kappa shape index (κ3) is 2.48. The Bertz CT molecular complexity index is 683. The second-order valence-electron chi connectivity index (χ2n) is 6.74. The molecule has 2 aromatic rings. The molecule has 1 saturated heterocycles. The molecule has 2 aliphatic rings. The monoisotopic (exact) mass is 313 g/mol. The summed E-state index contributed by atoms with van der Waals surface area (Å²) in [5, 5.41) is 4.28. The summed E-state index contributed by atoms with van der Waals surface area (Å²) in [6.07, 6.45) is 6.67. The zero-order chi connectivity index (χ0) is 15.2. The number of benzene rings is 1. The van der Waals surface area contributed by atoms with Crippen molar-refractivity contribution in [2.24, 2.45) is 7.05 Å². The first kappa shape index (κ1) is 14.3. The molecule has 0 aliphatic carbocycles. The van der Waals surface area contributed by atoms with Gasteiger partial charge < -0.3 is 0 Å². The number of piperidine rings is 1. The number of hydrogen-bond donors (Lipinski definition) is 0. The molecule has 0 bridgehead atoms. The molecule has 3 heterocycles. The number of aromatic nitrogens is 2. The highest BCUT2D eigenvalue weighted by atomic mass is 32.2. The first-order chi connectivity index (χ1) is 10.6. The molecule has 0 saturated carbocycles. The molecule has 1 aromatic heterocycles. The van der Waals surface area contributed by atoms with Crippen LogP contribution in [0.4, 0.5) is 0 Å². The zero-order valence-electron chi connectivity index (χ0n) is 13.4. The van der Waals surface area contributed by atoms with Crippen LogP contribution in [0.2, 0.25) is 0 Å². The minimum Gasteiger partial charge on any atom is -0.299 e. The normalized spacial score (nSPS) is 20.5. The van der Waals surface area contributed by atoms with Crippen molar-refractivity contribution in [3.8, 4) is 0 Å². The van der Waals surface area contributed by atoms with Gasteiger partial charge in [0.1, 0.15) is 0 Å². The van der Waals surface area contributed by atoms with Crippen LogP contribution in [0.1, 0.15) is 35.1 Å². The Kier molecular flexibility index (Phi) is 3.54. The fraction of sp³-hybridized carbons (Fsp3) is 0.500. The first-order valence-electron chi connectivity index (χ1n) is 8.08. The number of thioether (sulfide) groups is 1. The van der Waals surface area contributed by atoms with Crippen molar-refractivity contribution < 1.29 is 0 Å². The molecule has 0 atom stereocenters. The topological polar surface area (TPSA) is 21.1 Å². The van der Waals surface area contributed by atoms with E-state index in [4.69, 9.17) is 0 Å². The van der Waals surface area contributed by atoms with E-state index < -0.39 is 0 Å². The van der Waals surface area contributed by atoms with Gasteiger partial charge in [-0.25, -0.2) is 0 Å². The standard InChI is InChI=1S/C18H23N3S/c1-14-3-4-16-13-22-18(17(16)9-14)5-7-21(8-6-18)12-15-10-19-20(2)11-15/h3-4,9-11H,5-8,12-13H2,1-2H3. The zero-order valence-corrected chi connectivity index (χ0v) is 14.2. The molecule has 3 nitrogen and oxygen atoms in total. The highest BCUT2D eigenvalue weighted by molar-refractivity contribution is 7.99. The lowest BCUT2D eigenvalue weighted by Gasteiger charge is -2.39. The number of nitrogens with zero attached hydrogens (tertiary/aromatic N) is 3. The van der Waals surface area contributed by atoms with Crippen molar-refractivity contribution in [2.45, 2.75) is 36.8 Å². The van der Waals surface area contributed by atoms with Crippen LogP contribution in [0.25, 0.3) is 0 Å². The summed E-state index contributed by atoms with van der Waals surface area (Å²) in [6.45, 7) is 5.63. The summed E-state index contributed by atoms with van der Waals surface area (Å²) in [4.78, 5) is 2.58. The van der Waals surface area contributed by atoms with E-state index in [1.807, 2.05) is 17.9 Å². The lowest BCUT2D eigenvalue weighted by atomic mass is 9.85. The molecule has 1 aromatic carbocycles. The first-order valence-corrected chi connectivity index (χ1v) is 9.07. The van der Waals surface area contributed by atoms with Crippen LogP contribution in [0.5, 0.6) is 0 Å². The summed E-state index contributed by atoms with van der Waals surface area (Å²) >= 11 is 2.17. The second kappa shape index (κ2) is 5.43. The Morgan fingerprint density at radius 3 is 2.82 bits per heavy atom. The van der Waals surface area contributed by atoms with Gasteiger partial charge in [-0.1, -0.05) is 23.8 Å². The van der Waals surface area contributed by atoms with E-state index >= 15 is 0 Å². The molecular formula is C18H23N3S. The SMILES string of the molecule is Cc1ccc2c(c1)C1(CCN(Cc3cnn(C)c3)CC1)SC2. The second-order valence-corrected chi connectivity index (χ2v) is 8.10. The molecule has 116 valence electrons. The Labute approximate surface area is 136 Å². The number of rotatable bonds is 2. The van der Waals surface area contributed by atoms with Gasteiger partial charge in [-0.3, -0.25) is 9.58 Å². The Morgan fingerprint density at radius 1 is 1.27 bits per heavy atom. The third-order valence-corrected chi connectivity index (χ3v) is 6.72. The van der Waals surface area contributed by atoms with Gasteiger partial charge in [0.05, 0.1) is 6.20 Å². The lowest BCUT2D eigenvalue weighted by Crippen LogP contribution is -2.39. The van der Waals surface area contributed by atoms with Crippen molar-refractivity contribution in [1.29, 1.82) is 0 Å². The molecule has 4 heteroatoms. The van der Waals surface area contributed by atoms with E-state index in [1.165, 1.54) is 42.8 Å². The Balaban J connectivity index is 1.47. The van der Waals surface area contributed by atoms with E-state index in [0.29, 0.717) is 4.75 Å². The maximum Gasteiger partial charge on any atom is 0.0534 e. The van der Waals surface area contributed by atoms with E-state index in [-0.39, 0.29) is 0 Å². The van der Waals surface area contributed by atoms with Gasteiger partial charge in [0, 0.05) is 48.9 Å². The average Bonchev–Trinajstić information content (AvgIpc) is 3.07. The van der Waals surface area contributed by atoms with E-state index in [0.717, 1.165) is 6.54 Å². The van der Waals surface area contributed by atoms with Crippen LogP contribution < -0.4 is 0 Å². The van der Waals surface area contributed by atoms with Gasteiger partial charge >= 0.3 is 0 Å². The van der Waals surface area contributed by atoms with Crippen molar-refractivity contribution in [2.75, 3.05) is 13.1 Å². The number of aryl methyl sites for hydroxylation is 2. The predicted molar refractivity (Wildman–Crippen MR) is 91.9 cm³/mol. The summed E-state index contributed by atoms with van der Waals surface area (Å²) < 4.78 is 2.28. The molecule has 22 heavy (non-hydrogen) atoms. The minimum absolute atomic E-state index is 0.382. The van der Waals surface area contributed by atoms with E-state index in [9.17, 15) is 0 Å². The van der Waals surface area contributed by atoms with Crippen molar-refractivity contribution >= 4 is 11.8 Å². The van der Waals surface area contributed by atoms with Gasteiger partial charge in [-0.15, -0.1) is 11.8 Å². The Morgan fingerprint density at radius 2 is 2.09 bits per heavy atom. The molecule has 1 fully saturated rings. The van der Waals surface area contributed by atoms with Gasteiger partial charge in [0.25, 0.3) is 0 Å². The molecule has 0 unspecified atom stereocenters. The van der Waals surface area contributed by atoms with Gasteiger partial charge in [-0.2, -0.15) is 5.10 Å². The number of likely N-dealkylation sites (tertiary alicyclic amines) is 1. The summed E-state index contributed by atoms with van der Waals surface area (Å²) in [5.74, 6) is 1.19. The molecule has 0 amide bonds. The fourth-order valence-electron chi connectivity index (χ4n) is 3.83. The van der Waals surface area contributed by atoms with Crippen LogP contribution in [0, 0.1) is 6.92 Å². The predicted octanol–water partition coefficient (Wildman–Crippen LogP) is 3.47. The van der Waals surface area contributed by atoms with Crippen LogP contribution in [-0.2, 0) is 24.1 Å². The van der Waals surface area contributed by atoms with Gasteiger partial charge in [0.15, 0.2) is 0 Å². The van der Waals surface area contributed by atoms with Crippen molar-refractivity contribution in [3.63, 3.8) is 0 Å². The third-order valence-electron chi connectivity index (χ3n) is 5.09. The minimum atomic E-state index is 0.382. The van der Waals surface area contributed by atoms with Crippen molar-refractivity contribution in [1.82, 2.24) is 14.7 Å². The summed E-state index contributed by atoms with van der Waals surface area (Å²) in [7, 11) is 1.99. The van der Waals surface area contributed by atoms with Crippen LogP contribution in [0.3, 0.4) is 0 Å². The molecule has 0 N–H and O–H groups in total. The van der Waals surface area contributed by atoms with E-state index in [1.54, 1.807) is 11.1 Å². The highest BCUT2D eigenvalue weighted by Crippen LogP contribution is 2.53. The summed E-state index contributed by atoms with van der Waals surface area (Å²) in [6, 6.07) is 7.04. The number of hydrogen-bond acceptors (Lipinski definition) is 3. The maximum atomic E-state index is 4.28. The van der Waals surface area contributed by atoms with Gasteiger partial charge in [-0.05, 0) is 30.9 Å². The van der Waals surface area contributed by atoms with E-state index in [2.05, 4.69) is 53.1 Å². The Hall–Kier alpha value is -1.26. The maximum absolute atomic E-state index is 4.28. The van der Waals surface area contributed by atoms with Gasteiger partial charge in [0.2, 0.25) is 0 Å². The highest BCUT2D eigenvalue weighted by Gasteiger charge is 2.41. The fourth-order valence-corrected chi connectivity index (χ4v) is 5.33. The molecular weight excluding hydrogens is 290 g/mol. The smallest absolute Gasteiger partial charge is 0.0534 e. The molecule has 4 rings (SSSR count). The summed E-state index contributed by atoms with van der Waals surface area (Å²) in [5.41, 5.74) is 5.92. The van der Waals surface area contributed by atoms with Crippen LogP contribution in [0.15, 0.2) is 30.6 Å².